The first kappa shape index (κ1) is 12.9. The summed E-state index contributed by atoms with van der Waals surface area (Å²) in [5, 5.41) is 19.0. The molecule has 0 fully saturated rings. The maximum atomic E-state index is 11.1. The van der Waals surface area contributed by atoms with Crippen molar-refractivity contribution in [2.75, 3.05) is 19.0 Å². The number of carbonyl (C=O) groups is 1. The van der Waals surface area contributed by atoms with E-state index in [1.54, 1.807) is 12.1 Å². The molecule has 1 aromatic heterocycles. The molecule has 0 aliphatic rings. The molecule has 0 bridgehead atoms. The van der Waals surface area contributed by atoms with Crippen LogP contribution in [0.15, 0.2) is 12.1 Å². The summed E-state index contributed by atoms with van der Waals surface area (Å²) in [6, 6.07) is 5.31. The van der Waals surface area contributed by atoms with Gasteiger partial charge in [0.1, 0.15) is 5.82 Å². The van der Waals surface area contributed by atoms with Crippen molar-refractivity contribution in [1.82, 2.24) is 10.2 Å². The van der Waals surface area contributed by atoms with Crippen molar-refractivity contribution in [3.63, 3.8) is 0 Å². The molecule has 6 heteroatoms. The summed E-state index contributed by atoms with van der Waals surface area (Å²) in [6.45, 7) is 0.730. The van der Waals surface area contributed by atoms with E-state index >= 15 is 0 Å². The Morgan fingerprint density at radius 3 is 2.88 bits per heavy atom. The minimum atomic E-state index is -0.502. The molecule has 0 aliphatic heterocycles. The zero-order valence-electron chi connectivity index (χ0n) is 9.64. The number of esters is 1. The fourth-order valence-electron chi connectivity index (χ4n) is 1.19. The molecule has 0 unspecified atom stereocenters. The van der Waals surface area contributed by atoms with Gasteiger partial charge in [-0.15, -0.1) is 10.2 Å². The van der Waals surface area contributed by atoms with Crippen LogP contribution in [0, 0.1) is 11.3 Å². The van der Waals surface area contributed by atoms with Gasteiger partial charge in [-0.3, -0.25) is 0 Å². The highest BCUT2D eigenvalue weighted by molar-refractivity contribution is 5.86. The number of hydrogen-bond donors (Lipinski definition) is 1. The lowest BCUT2D eigenvalue weighted by molar-refractivity contribution is 0.0593. The van der Waals surface area contributed by atoms with E-state index in [4.69, 9.17) is 5.26 Å². The number of nitrogens with zero attached hydrogens (tertiary/aromatic N) is 3. The summed E-state index contributed by atoms with van der Waals surface area (Å²) in [4.78, 5) is 11.1. The molecule has 0 aliphatic carbocycles. The van der Waals surface area contributed by atoms with Gasteiger partial charge in [0.2, 0.25) is 0 Å². The highest BCUT2D eigenvalue weighted by Crippen LogP contribution is 2.03. The number of aromatic nitrogens is 2. The van der Waals surface area contributed by atoms with E-state index in [0.29, 0.717) is 12.2 Å². The fraction of sp³-hybridized carbons (Fsp3) is 0.455. The standard InChI is InChI=1S/C11H14N4O2/c1-17-11(16)9-5-6-10(15-14-9)13-8-4-2-3-7-12/h5-6H,2-4,8H2,1H3,(H,13,15). The molecule has 0 saturated heterocycles. The molecule has 0 spiro atoms. The second-order valence-electron chi connectivity index (χ2n) is 3.34. The molecular formula is C11H14N4O2. The quantitative estimate of drug-likeness (QED) is 0.590. The van der Waals surface area contributed by atoms with Gasteiger partial charge in [-0.1, -0.05) is 0 Å². The van der Waals surface area contributed by atoms with Crippen molar-refractivity contribution in [3.8, 4) is 6.07 Å². The van der Waals surface area contributed by atoms with Crippen LogP contribution in [0.3, 0.4) is 0 Å². The van der Waals surface area contributed by atoms with Crippen LogP contribution in [0.5, 0.6) is 0 Å². The number of unbranched alkanes of at least 4 members (excludes halogenated alkanes) is 2. The lowest BCUT2D eigenvalue weighted by Crippen LogP contribution is -2.08. The Hall–Kier alpha value is -2.16. The normalized spacial score (nSPS) is 9.41. The third-order valence-corrected chi connectivity index (χ3v) is 2.08. The van der Waals surface area contributed by atoms with Crippen LogP contribution in [0.1, 0.15) is 29.8 Å². The molecule has 17 heavy (non-hydrogen) atoms. The van der Waals surface area contributed by atoms with Crippen molar-refractivity contribution < 1.29 is 9.53 Å². The van der Waals surface area contributed by atoms with Crippen molar-refractivity contribution >= 4 is 11.8 Å². The summed E-state index contributed by atoms with van der Waals surface area (Å²) < 4.78 is 4.51. The van der Waals surface area contributed by atoms with E-state index < -0.39 is 5.97 Å². The van der Waals surface area contributed by atoms with Gasteiger partial charge in [-0.2, -0.15) is 5.26 Å². The summed E-state index contributed by atoms with van der Waals surface area (Å²) in [7, 11) is 1.30. The van der Waals surface area contributed by atoms with Crippen LogP contribution in [0.25, 0.3) is 0 Å². The van der Waals surface area contributed by atoms with E-state index in [-0.39, 0.29) is 5.69 Å². The lowest BCUT2D eigenvalue weighted by Gasteiger charge is -2.04. The van der Waals surface area contributed by atoms with Gasteiger partial charge in [-0.25, -0.2) is 4.79 Å². The predicted octanol–water partition coefficient (Wildman–Crippen LogP) is 1.37. The smallest absolute Gasteiger partial charge is 0.358 e. The molecule has 0 amide bonds. The molecule has 1 N–H and O–H groups in total. The first-order valence-electron chi connectivity index (χ1n) is 5.31. The first-order chi connectivity index (χ1) is 8.27. The largest absolute Gasteiger partial charge is 0.464 e. The second-order valence-corrected chi connectivity index (χ2v) is 3.34. The van der Waals surface area contributed by atoms with Gasteiger partial charge in [0.15, 0.2) is 5.69 Å². The third kappa shape index (κ3) is 4.47. The second kappa shape index (κ2) is 7.17. The molecule has 0 radical (unpaired) electrons. The average Bonchev–Trinajstić information content (AvgIpc) is 2.38. The molecule has 1 rings (SSSR count). The van der Waals surface area contributed by atoms with E-state index in [9.17, 15) is 4.79 Å². The molecular weight excluding hydrogens is 220 g/mol. The highest BCUT2D eigenvalue weighted by Gasteiger charge is 2.06. The van der Waals surface area contributed by atoms with Crippen LogP contribution < -0.4 is 5.32 Å². The van der Waals surface area contributed by atoms with Crippen LogP contribution >= 0.6 is 0 Å². The van der Waals surface area contributed by atoms with Gasteiger partial charge < -0.3 is 10.1 Å². The van der Waals surface area contributed by atoms with Crippen molar-refractivity contribution in [2.45, 2.75) is 19.3 Å². The van der Waals surface area contributed by atoms with Crippen molar-refractivity contribution in [2.24, 2.45) is 0 Å². The summed E-state index contributed by atoms with van der Waals surface area (Å²) in [6.07, 6.45) is 2.32. The average molecular weight is 234 g/mol. The Morgan fingerprint density at radius 1 is 1.47 bits per heavy atom. The Labute approximate surface area is 99.6 Å². The van der Waals surface area contributed by atoms with Crippen molar-refractivity contribution in [3.05, 3.63) is 17.8 Å². The molecule has 0 saturated carbocycles. The summed E-state index contributed by atoms with van der Waals surface area (Å²) in [5.41, 5.74) is 0.183. The van der Waals surface area contributed by atoms with Crippen LogP contribution in [0.2, 0.25) is 0 Å². The number of ether oxygens (including phenoxy) is 1. The van der Waals surface area contributed by atoms with Crippen LogP contribution in [0.4, 0.5) is 5.82 Å². The summed E-state index contributed by atoms with van der Waals surface area (Å²) >= 11 is 0. The number of nitriles is 1. The lowest BCUT2D eigenvalue weighted by atomic mass is 10.2. The minimum absolute atomic E-state index is 0.183. The SMILES string of the molecule is COC(=O)c1ccc(NCCCCC#N)nn1. The Bertz CT molecular complexity index is 397. The number of nitrogens with one attached hydrogen (secondary N) is 1. The number of carbonyl (C=O) groups excluding carboxylic acids is 1. The molecule has 1 heterocycles. The third-order valence-electron chi connectivity index (χ3n) is 2.08. The van der Waals surface area contributed by atoms with Gasteiger partial charge in [0, 0.05) is 13.0 Å². The van der Waals surface area contributed by atoms with Gasteiger partial charge in [0.25, 0.3) is 0 Å². The van der Waals surface area contributed by atoms with Gasteiger partial charge in [0.05, 0.1) is 13.2 Å². The Morgan fingerprint density at radius 2 is 2.29 bits per heavy atom. The van der Waals surface area contributed by atoms with E-state index in [2.05, 4.69) is 26.3 Å². The Balaban J connectivity index is 2.36. The minimum Gasteiger partial charge on any atom is -0.464 e. The summed E-state index contributed by atoms with van der Waals surface area (Å²) in [5.74, 6) is 0.104. The van der Waals surface area contributed by atoms with Crippen molar-refractivity contribution in [1.29, 1.82) is 5.26 Å². The fourth-order valence-corrected chi connectivity index (χ4v) is 1.19. The Kier molecular flexibility index (Phi) is 5.44. The van der Waals surface area contributed by atoms with Crippen LogP contribution in [-0.2, 0) is 4.74 Å². The molecule has 0 atom stereocenters. The van der Waals surface area contributed by atoms with E-state index in [1.165, 1.54) is 7.11 Å². The zero-order chi connectivity index (χ0) is 12.5. The maximum absolute atomic E-state index is 11.1. The zero-order valence-corrected chi connectivity index (χ0v) is 9.64. The molecule has 90 valence electrons. The number of rotatable bonds is 6. The maximum Gasteiger partial charge on any atom is 0.358 e. The predicted molar refractivity (Wildman–Crippen MR) is 61.3 cm³/mol. The molecule has 6 nitrogen and oxygen atoms in total. The first-order valence-corrected chi connectivity index (χ1v) is 5.31. The van der Waals surface area contributed by atoms with E-state index in [1.807, 2.05) is 0 Å². The van der Waals surface area contributed by atoms with Crippen LogP contribution in [-0.4, -0.2) is 29.8 Å². The van der Waals surface area contributed by atoms with Gasteiger partial charge in [-0.05, 0) is 25.0 Å². The van der Waals surface area contributed by atoms with Gasteiger partial charge >= 0.3 is 5.97 Å². The number of methoxy groups -OCH3 is 1. The number of hydrogen-bond acceptors (Lipinski definition) is 6. The monoisotopic (exact) mass is 234 g/mol. The van der Waals surface area contributed by atoms with E-state index in [0.717, 1.165) is 19.4 Å². The highest BCUT2D eigenvalue weighted by atomic mass is 16.5. The number of anilines is 1. The topological polar surface area (TPSA) is 87.9 Å². The molecule has 0 aromatic carbocycles. The molecule has 1 aromatic rings.